The van der Waals surface area contributed by atoms with Gasteiger partial charge in [0, 0.05) is 0 Å². The van der Waals surface area contributed by atoms with E-state index >= 15 is 0 Å². The highest BCUT2D eigenvalue weighted by Gasteiger charge is 1.88. The molecule has 1 nitrogen and oxygen atoms in total. The highest BCUT2D eigenvalue weighted by atomic mass is 16.1. The van der Waals surface area contributed by atoms with Crippen LogP contribution in [-0.2, 0) is 4.79 Å². The molecular weight excluding hydrogens is 280 g/mol. The second-order valence-corrected chi connectivity index (χ2v) is 6.63. The molecule has 0 aromatic carbocycles. The van der Waals surface area contributed by atoms with E-state index in [1.807, 2.05) is 13.8 Å². The maximum Gasteiger partial charge on any atom is 0.142 e. The Bertz CT molecular complexity index is 462. The molecule has 0 aromatic rings. The van der Waals surface area contributed by atoms with Crippen LogP contribution in [0, 0.1) is 0 Å². The molecule has 130 valence electrons. The van der Waals surface area contributed by atoms with Crippen LogP contribution in [0.2, 0.25) is 0 Å². The van der Waals surface area contributed by atoms with Gasteiger partial charge in [-0.05, 0) is 80.2 Å². The molecule has 0 saturated heterocycles. The number of hydrogen-bond acceptors (Lipinski definition) is 1. The van der Waals surface area contributed by atoms with E-state index in [4.69, 9.17) is 0 Å². The van der Waals surface area contributed by atoms with Crippen molar-refractivity contribution in [1.82, 2.24) is 0 Å². The molecule has 0 radical (unpaired) electrons. The topological polar surface area (TPSA) is 17.1 Å². The van der Waals surface area contributed by atoms with Gasteiger partial charge >= 0.3 is 0 Å². The minimum Gasteiger partial charge on any atom is -0.299 e. The average molecular weight is 317 g/mol. The van der Waals surface area contributed by atoms with Gasteiger partial charge in [0.15, 0.2) is 0 Å². The zero-order valence-corrected chi connectivity index (χ0v) is 16.3. The van der Waals surface area contributed by atoms with Crippen LogP contribution in [-0.4, -0.2) is 6.29 Å². The number of aldehydes is 1. The van der Waals surface area contributed by atoms with Gasteiger partial charge in [-0.1, -0.05) is 52.7 Å². The number of allylic oxidation sites excluding steroid dienone is 9. The molecule has 0 aliphatic heterocycles. The van der Waals surface area contributed by atoms with Crippen molar-refractivity contribution in [2.24, 2.45) is 0 Å². The van der Waals surface area contributed by atoms with Crippen molar-refractivity contribution in [3.8, 4) is 0 Å². The van der Waals surface area contributed by atoms with Gasteiger partial charge in [-0.15, -0.1) is 0 Å². The summed E-state index contributed by atoms with van der Waals surface area (Å²) in [5.41, 5.74) is 6.45. The first kappa shape index (κ1) is 23.6. The molecule has 0 bridgehead atoms. The largest absolute Gasteiger partial charge is 0.299 e. The van der Waals surface area contributed by atoms with Crippen LogP contribution >= 0.6 is 0 Å². The van der Waals surface area contributed by atoms with Gasteiger partial charge in [-0.2, -0.15) is 0 Å². The molecule has 0 N–H and O–H groups in total. The standard InChI is InChI=1S/C12H20.C10H16O/c1-10(2)7-6-8-12(5)9-11(3)4;1-9(2)5-4-6-10(3)7-8-11/h7,9H,3,6,8H2,1-2,4-5H3;5,7-8H,4,6H2,1-3H3/b12-9-;10-7+. The van der Waals surface area contributed by atoms with Crippen LogP contribution in [0.5, 0.6) is 0 Å². The Labute approximate surface area is 144 Å². The van der Waals surface area contributed by atoms with Crippen molar-refractivity contribution in [1.29, 1.82) is 0 Å². The highest BCUT2D eigenvalue weighted by molar-refractivity contribution is 5.65. The van der Waals surface area contributed by atoms with Gasteiger partial charge in [0.05, 0.1) is 0 Å². The van der Waals surface area contributed by atoms with Gasteiger partial charge in [0.1, 0.15) is 6.29 Å². The molecule has 0 rings (SSSR count). The van der Waals surface area contributed by atoms with Crippen LogP contribution in [0.1, 0.15) is 74.1 Å². The summed E-state index contributed by atoms with van der Waals surface area (Å²) in [4.78, 5) is 10.0. The molecule has 0 aliphatic carbocycles. The normalized spacial score (nSPS) is 11.1. The van der Waals surface area contributed by atoms with E-state index in [2.05, 4.69) is 59.4 Å². The monoisotopic (exact) mass is 316 g/mol. The number of rotatable bonds is 8. The minimum absolute atomic E-state index is 0.845. The molecule has 0 aliphatic rings. The van der Waals surface area contributed by atoms with E-state index in [9.17, 15) is 4.79 Å². The molecule has 0 aromatic heterocycles. The summed E-state index contributed by atoms with van der Waals surface area (Å²) < 4.78 is 0. The van der Waals surface area contributed by atoms with Crippen molar-refractivity contribution < 1.29 is 4.79 Å². The summed E-state index contributed by atoms with van der Waals surface area (Å²) in [5, 5.41) is 0. The summed E-state index contributed by atoms with van der Waals surface area (Å²) in [6.07, 6.45) is 13.4. The van der Waals surface area contributed by atoms with E-state index in [-0.39, 0.29) is 0 Å². The van der Waals surface area contributed by atoms with Crippen LogP contribution in [0.3, 0.4) is 0 Å². The lowest BCUT2D eigenvalue weighted by Gasteiger charge is -1.98. The molecule has 0 spiro atoms. The van der Waals surface area contributed by atoms with Gasteiger partial charge in [0.2, 0.25) is 0 Å². The summed E-state index contributed by atoms with van der Waals surface area (Å²) in [7, 11) is 0. The van der Waals surface area contributed by atoms with Crippen LogP contribution in [0.4, 0.5) is 0 Å². The number of carbonyl (C=O) groups is 1. The first-order chi connectivity index (χ1) is 10.7. The summed E-state index contributed by atoms with van der Waals surface area (Å²) >= 11 is 0. The number of carbonyl (C=O) groups excluding carboxylic acids is 1. The SMILES string of the molecule is C=C(C)/C=C(/C)CCC=C(C)C.CC(C)=CCC/C(C)=C/C=O. The lowest BCUT2D eigenvalue weighted by Crippen LogP contribution is -1.77. The summed E-state index contributed by atoms with van der Waals surface area (Å²) in [6, 6.07) is 0. The fourth-order valence-corrected chi connectivity index (χ4v) is 1.87. The lowest BCUT2D eigenvalue weighted by atomic mass is 10.1. The quantitative estimate of drug-likeness (QED) is 0.201. The minimum atomic E-state index is 0.845. The van der Waals surface area contributed by atoms with Crippen LogP contribution < -0.4 is 0 Å². The fraction of sp³-hybridized carbons (Fsp3) is 0.500. The molecule has 0 atom stereocenters. The van der Waals surface area contributed by atoms with E-state index in [0.29, 0.717) is 0 Å². The zero-order valence-electron chi connectivity index (χ0n) is 16.3. The second-order valence-electron chi connectivity index (χ2n) is 6.63. The molecule has 0 saturated carbocycles. The van der Waals surface area contributed by atoms with Crippen LogP contribution in [0.15, 0.2) is 58.7 Å². The van der Waals surface area contributed by atoms with Crippen molar-refractivity contribution in [3.63, 3.8) is 0 Å². The summed E-state index contributed by atoms with van der Waals surface area (Å²) in [5.74, 6) is 0. The van der Waals surface area contributed by atoms with Gasteiger partial charge in [-0.25, -0.2) is 0 Å². The smallest absolute Gasteiger partial charge is 0.142 e. The molecular formula is C22H36O. The predicted octanol–water partition coefficient (Wildman–Crippen LogP) is 7.13. The van der Waals surface area contributed by atoms with E-state index in [1.165, 1.54) is 16.7 Å². The molecule has 0 unspecified atom stereocenters. The third-order valence-electron chi connectivity index (χ3n) is 3.03. The lowest BCUT2D eigenvalue weighted by molar-refractivity contribution is -0.104. The Morgan fingerprint density at radius 1 is 0.783 bits per heavy atom. The van der Waals surface area contributed by atoms with E-state index in [1.54, 1.807) is 6.08 Å². The average Bonchev–Trinajstić information content (AvgIpc) is 2.37. The van der Waals surface area contributed by atoms with Crippen molar-refractivity contribution in [3.05, 3.63) is 58.7 Å². The van der Waals surface area contributed by atoms with Gasteiger partial charge < -0.3 is 0 Å². The van der Waals surface area contributed by atoms with E-state index in [0.717, 1.165) is 43.1 Å². The maximum absolute atomic E-state index is 10.0. The summed E-state index contributed by atoms with van der Waals surface area (Å²) in [6.45, 7) is 18.5. The van der Waals surface area contributed by atoms with Crippen molar-refractivity contribution >= 4 is 6.29 Å². The Hall–Kier alpha value is -1.63. The van der Waals surface area contributed by atoms with Crippen molar-refractivity contribution in [2.75, 3.05) is 0 Å². The fourth-order valence-electron chi connectivity index (χ4n) is 1.87. The first-order valence-corrected chi connectivity index (χ1v) is 8.39. The number of hydrogen-bond donors (Lipinski definition) is 0. The third-order valence-corrected chi connectivity index (χ3v) is 3.03. The Morgan fingerprint density at radius 2 is 1.22 bits per heavy atom. The first-order valence-electron chi connectivity index (χ1n) is 8.39. The van der Waals surface area contributed by atoms with Crippen molar-refractivity contribution in [2.45, 2.75) is 74.1 Å². The highest BCUT2D eigenvalue weighted by Crippen LogP contribution is 2.08. The molecule has 0 fully saturated rings. The van der Waals surface area contributed by atoms with E-state index < -0.39 is 0 Å². The Kier molecular flexibility index (Phi) is 15.7. The molecule has 23 heavy (non-hydrogen) atoms. The second kappa shape index (κ2) is 15.3. The Morgan fingerprint density at radius 3 is 1.57 bits per heavy atom. The van der Waals surface area contributed by atoms with Gasteiger partial charge in [0.25, 0.3) is 0 Å². The third kappa shape index (κ3) is 22.8. The maximum atomic E-state index is 10.0. The molecule has 0 heterocycles. The zero-order chi connectivity index (χ0) is 18.3. The molecule has 0 amide bonds. The molecule has 1 heteroatoms. The van der Waals surface area contributed by atoms with Crippen LogP contribution in [0.25, 0.3) is 0 Å². The predicted molar refractivity (Wildman–Crippen MR) is 106 cm³/mol. The Balaban J connectivity index is 0. The van der Waals surface area contributed by atoms with Gasteiger partial charge in [-0.3, -0.25) is 4.79 Å².